The van der Waals surface area contributed by atoms with Crippen LogP contribution >= 0.6 is 27.3 Å². The molecule has 0 aliphatic heterocycles. The molecule has 106 valence electrons. The number of hydrogen-bond donors (Lipinski definition) is 2. The van der Waals surface area contributed by atoms with E-state index in [1.807, 2.05) is 0 Å². The molecule has 0 fully saturated rings. The van der Waals surface area contributed by atoms with Crippen molar-refractivity contribution in [3.63, 3.8) is 0 Å². The normalized spacial score (nSPS) is 11.3. The van der Waals surface area contributed by atoms with Gasteiger partial charge >= 0.3 is 5.97 Å². The molecule has 1 aromatic carbocycles. The summed E-state index contributed by atoms with van der Waals surface area (Å²) in [6.07, 6.45) is 0. The zero-order valence-corrected chi connectivity index (χ0v) is 12.9. The lowest BCUT2D eigenvalue weighted by molar-refractivity contribution is 0.0702. The van der Waals surface area contributed by atoms with Gasteiger partial charge < -0.3 is 5.11 Å². The number of carbonyl (C=O) groups is 1. The Bertz CT molecular complexity index is 772. The largest absolute Gasteiger partial charge is 0.477 e. The summed E-state index contributed by atoms with van der Waals surface area (Å²) in [7, 11) is -3.99. The highest BCUT2D eigenvalue weighted by atomic mass is 79.9. The Morgan fingerprint density at radius 3 is 2.60 bits per heavy atom. The number of thiophene rings is 1. The van der Waals surface area contributed by atoms with E-state index in [2.05, 4.69) is 20.7 Å². The molecule has 0 atom stereocenters. The zero-order valence-electron chi connectivity index (χ0n) is 9.63. The molecule has 0 aliphatic rings. The first kappa shape index (κ1) is 14.9. The number of rotatable bonds is 4. The maximum atomic E-state index is 13.0. The molecule has 0 amide bonds. The van der Waals surface area contributed by atoms with Gasteiger partial charge in [0.2, 0.25) is 0 Å². The molecule has 0 unspecified atom stereocenters. The average Bonchev–Trinajstić information content (AvgIpc) is 2.71. The maximum absolute atomic E-state index is 13.0. The molecule has 1 aromatic heterocycles. The second kappa shape index (κ2) is 5.51. The quantitative estimate of drug-likeness (QED) is 0.854. The first-order chi connectivity index (χ1) is 9.29. The molecule has 0 saturated heterocycles. The van der Waals surface area contributed by atoms with Crippen LogP contribution in [0.1, 0.15) is 9.67 Å². The minimum absolute atomic E-state index is 0.0555. The fourth-order valence-corrected chi connectivity index (χ4v) is 4.86. The summed E-state index contributed by atoms with van der Waals surface area (Å²) >= 11 is 3.80. The van der Waals surface area contributed by atoms with E-state index >= 15 is 0 Å². The van der Waals surface area contributed by atoms with Crippen LogP contribution in [-0.2, 0) is 10.0 Å². The summed E-state index contributed by atoms with van der Waals surface area (Å²) in [6, 6.07) is 5.99. The van der Waals surface area contributed by atoms with Crippen LogP contribution in [-0.4, -0.2) is 19.5 Å². The molecule has 1 heterocycles. The summed E-state index contributed by atoms with van der Waals surface area (Å²) < 4.78 is 39.6. The van der Waals surface area contributed by atoms with E-state index in [4.69, 9.17) is 5.11 Å². The van der Waals surface area contributed by atoms with Crippen molar-refractivity contribution in [2.24, 2.45) is 0 Å². The second-order valence-corrected chi connectivity index (χ2v) is 7.69. The molecule has 5 nitrogen and oxygen atoms in total. The third-order valence-electron chi connectivity index (χ3n) is 2.23. The number of carboxylic acid groups (broad SMARTS) is 1. The van der Waals surface area contributed by atoms with Crippen molar-refractivity contribution in [2.75, 3.05) is 4.72 Å². The number of carboxylic acids is 1. The Hall–Kier alpha value is -1.45. The SMILES string of the molecule is O=C(O)c1cc(S(=O)(=O)Nc2cccc(F)c2)c(Br)s1. The van der Waals surface area contributed by atoms with E-state index in [1.54, 1.807) is 0 Å². The van der Waals surface area contributed by atoms with Crippen LogP contribution in [0, 0.1) is 5.82 Å². The Morgan fingerprint density at radius 1 is 1.35 bits per heavy atom. The molecular formula is C11H7BrFNO4S2. The van der Waals surface area contributed by atoms with Crippen molar-refractivity contribution in [2.45, 2.75) is 4.90 Å². The van der Waals surface area contributed by atoms with Crippen molar-refractivity contribution in [3.05, 3.63) is 44.8 Å². The van der Waals surface area contributed by atoms with Crippen molar-refractivity contribution in [1.82, 2.24) is 0 Å². The van der Waals surface area contributed by atoms with Gasteiger partial charge in [-0.05, 0) is 40.2 Å². The van der Waals surface area contributed by atoms with Crippen LogP contribution in [0.25, 0.3) is 0 Å². The molecule has 0 aliphatic carbocycles. The van der Waals surface area contributed by atoms with Gasteiger partial charge in [-0.2, -0.15) is 0 Å². The molecule has 2 aromatic rings. The van der Waals surface area contributed by atoms with E-state index < -0.39 is 21.8 Å². The predicted octanol–water partition coefficient (Wildman–Crippen LogP) is 3.15. The van der Waals surface area contributed by atoms with Crippen LogP contribution in [0.15, 0.2) is 39.0 Å². The third-order valence-corrected chi connectivity index (χ3v) is 5.85. The summed E-state index contributed by atoms with van der Waals surface area (Å²) in [4.78, 5) is 10.5. The fourth-order valence-electron chi connectivity index (χ4n) is 1.40. The number of anilines is 1. The first-order valence-corrected chi connectivity index (χ1v) is 8.20. The number of benzene rings is 1. The molecular weight excluding hydrogens is 373 g/mol. The van der Waals surface area contributed by atoms with Crippen molar-refractivity contribution in [1.29, 1.82) is 0 Å². The van der Waals surface area contributed by atoms with Crippen molar-refractivity contribution < 1.29 is 22.7 Å². The molecule has 0 bridgehead atoms. The monoisotopic (exact) mass is 379 g/mol. The first-order valence-electron chi connectivity index (χ1n) is 5.10. The Labute approximate surface area is 126 Å². The minimum atomic E-state index is -3.99. The maximum Gasteiger partial charge on any atom is 0.345 e. The smallest absolute Gasteiger partial charge is 0.345 e. The van der Waals surface area contributed by atoms with Gasteiger partial charge in [-0.15, -0.1) is 11.3 Å². The van der Waals surface area contributed by atoms with Gasteiger partial charge in [0.25, 0.3) is 10.0 Å². The van der Waals surface area contributed by atoms with E-state index in [0.717, 1.165) is 23.5 Å². The zero-order chi connectivity index (χ0) is 14.9. The van der Waals surface area contributed by atoms with Gasteiger partial charge in [0.1, 0.15) is 15.6 Å². The van der Waals surface area contributed by atoms with Crippen LogP contribution in [0.4, 0.5) is 10.1 Å². The molecule has 0 radical (unpaired) electrons. The Balaban J connectivity index is 2.38. The molecule has 0 spiro atoms. The number of sulfonamides is 1. The highest BCUT2D eigenvalue weighted by Crippen LogP contribution is 2.32. The molecule has 2 rings (SSSR count). The van der Waals surface area contributed by atoms with Gasteiger partial charge in [0.15, 0.2) is 0 Å². The third kappa shape index (κ3) is 3.17. The molecule has 9 heteroatoms. The lowest BCUT2D eigenvalue weighted by atomic mass is 10.3. The van der Waals surface area contributed by atoms with E-state index in [9.17, 15) is 17.6 Å². The lowest BCUT2D eigenvalue weighted by Gasteiger charge is -2.06. The van der Waals surface area contributed by atoms with Crippen molar-refractivity contribution >= 4 is 48.9 Å². The highest BCUT2D eigenvalue weighted by Gasteiger charge is 2.23. The second-order valence-electron chi connectivity index (χ2n) is 3.67. The highest BCUT2D eigenvalue weighted by molar-refractivity contribution is 9.11. The van der Waals surface area contributed by atoms with E-state index in [-0.39, 0.29) is 19.2 Å². The van der Waals surface area contributed by atoms with Crippen LogP contribution < -0.4 is 4.72 Å². The summed E-state index contributed by atoms with van der Waals surface area (Å²) in [5.41, 5.74) is 0.0555. The molecule has 20 heavy (non-hydrogen) atoms. The molecule has 0 saturated carbocycles. The van der Waals surface area contributed by atoms with Gasteiger partial charge in [-0.25, -0.2) is 17.6 Å². The van der Waals surface area contributed by atoms with Gasteiger partial charge in [-0.3, -0.25) is 4.72 Å². The number of nitrogens with one attached hydrogen (secondary N) is 1. The molecule has 2 N–H and O–H groups in total. The van der Waals surface area contributed by atoms with Crippen LogP contribution in [0.3, 0.4) is 0 Å². The summed E-state index contributed by atoms with van der Waals surface area (Å²) in [6.45, 7) is 0. The topological polar surface area (TPSA) is 83.5 Å². The van der Waals surface area contributed by atoms with E-state index in [1.165, 1.54) is 18.2 Å². The Morgan fingerprint density at radius 2 is 2.05 bits per heavy atom. The Kier molecular flexibility index (Phi) is 4.11. The standard InChI is InChI=1S/C11H7BrFNO4S2/c12-10-9(5-8(19-10)11(15)16)20(17,18)14-7-3-1-2-6(13)4-7/h1-5,14H,(H,15,16). The predicted molar refractivity (Wildman–Crippen MR) is 76.2 cm³/mol. The van der Waals surface area contributed by atoms with Crippen molar-refractivity contribution in [3.8, 4) is 0 Å². The van der Waals surface area contributed by atoms with Crippen LogP contribution in [0.5, 0.6) is 0 Å². The number of aromatic carboxylic acids is 1. The van der Waals surface area contributed by atoms with E-state index in [0.29, 0.717) is 0 Å². The fraction of sp³-hybridized carbons (Fsp3) is 0. The summed E-state index contributed by atoms with van der Waals surface area (Å²) in [5.74, 6) is -1.80. The summed E-state index contributed by atoms with van der Waals surface area (Å²) in [5, 5.41) is 8.84. The minimum Gasteiger partial charge on any atom is -0.477 e. The van der Waals surface area contributed by atoms with Gasteiger partial charge in [0.05, 0.1) is 9.47 Å². The number of halogens is 2. The van der Waals surface area contributed by atoms with Crippen LogP contribution in [0.2, 0.25) is 0 Å². The van der Waals surface area contributed by atoms with Gasteiger partial charge in [-0.1, -0.05) is 6.07 Å². The average molecular weight is 380 g/mol. The van der Waals surface area contributed by atoms with Gasteiger partial charge in [0, 0.05) is 0 Å². The lowest BCUT2D eigenvalue weighted by Crippen LogP contribution is -2.12. The number of hydrogen-bond acceptors (Lipinski definition) is 4.